The summed E-state index contributed by atoms with van der Waals surface area (Å²) in [6, 6.07) is 0. The van der Waals surface area contributed by atoms with Crippen LogP contribution in [0.3, 0.4) is 0 Å². The van der Waals surface area contributed by atoms with E-state index in [-0.39, 0.29) is 11.9 Å². The number of esters is 1. The summed E-state index contributed by atoms with van der Waals surface area (Å²) < 4.78 is 9.08. The van der Waals surface area contributed by atoms with Crippen LogP contribution in [-0.4, -0.2) is 19.7 Å². The van der Waals surface area contributed by atoms with Gasteiger partial charge in [-0.25, -0.2) is 0 Å². The van der Waals surface area contributed by atoms with Gasteiger partial charge in [-0.3, -0.25) is 4.79 Å². The van der Waals surface area contributed by atoms with Crippen LogP contribution in [-0.2, 0) is 14.1 Å². The molecule has 0 aliphatic heterocycles. The van der Waals surface area contributed by atoms with Crippen molar-refractivity contribution in [3.05, 3.63) is 0 Å². The minimum Gasteiger partial charge on any atom is -0.469 e. The summed E-state index contributed by atoms with van der Waals surface area (Å²) in [5.41, 5.74) is 0. The maximum Gasteiger partial charge on any atom is 0.310 e. The number of rotatable bonds is 3. The summed E-state index contributed by atoms with van der Waals surface area (Å²) in [6.45, 7) is 2.13. The van der Waals surface area contributed by atoms with Gasteiger partial charge in [0.2, 0.25) is 0 Å². The van der Waals surface area contributed by atoms with Gasteiger partial charge in [-0.1, -0.05) is 0 Å². The van der Waals surface area contributed by atoms with Crippen molar-refractivity contribution in [1.29, 1.82) is 0 Å². The molecule has 0 aromatic carbocycles. The molecule has 0 aliphatic carbocycles. The van der Waals surface area contributed by atoms with Crippen molar-refractivity contribution in [3.63, 3.8) is 0 Å². The molecular weight excluding hydrogens is 139 g/mol. The molecule has 0 amide bonds. The van der Waals surface area contributed by atoms with Gasteiger partial charge in [0, 0.05) is 9.47 Å². The molecule has 0 saturated heterocycles. The average molecular weight is 150 g/mol. The Balaban J connectivity index is 3.45. The van der Waals surface area contributed by atoms with Crippen molar-refractivity contribution in [1.82, 2.24) is 0 Å². The highest BCUT2D eigenvalue weighted by Crippen LogP contribution is 2.00. The monoisotopic (exact) mass is 150 g/mol. The summed E-state index contributed by atoms with van der Waals surface area (Å²) in [5, 5.41) is 0. The highest BCUT2D eigenvalue weighted by molar-refractivity contribution is 7.09. The molecule has 4 heteroatoms. The molecule has 0 saturated carbocycles. The van der Waals surface area contributed by atoms with E-state index in [0.717, 1.165) is 0 Å². The van der Waals surface area contributed by atoms with E-state index in [1.165, 1.54) is 7.11 Å². The van der Waals surface area contributed by atoms with E-state index in [1.807, 2.05) is 0 Å². The number of hydrogen-bond acceptors (Lipinski definition) is 3. The van der Waals surface area contributed by atoms with Crippen LogP contribution < -0.4 is 0 Å². The Morgan fingerprint density at radius 1 is 1.78 bits per heavy atom. The van der Waals surface area contributed by atoms with Gasteiger partial charge in [-0.05, 0) is 6.92 Å². The lowest BCUT2D eigenvalue weighted by Gasteiger charge is -2.05. The molecule has 0 radical (unpaired) electrons. The fraction of sp³-hybridized carbons (Fsp3) is 0.800. The number of carbonyl (C=O) groups is 1. The number of hydrogen-bond donors (Lipinski definition) is 0. The van der Waals surface area contributed by atoms with Crippen LogP contribution in [0, 0.1) is 5.92 Å². The molecule has 0 heterocycles. The maximum absolute atomic E-state index is 10.6. The predicted octanol–water partition coefficient (Wildman–Crippen LogP) is 0.602. The lowest BCUT2D eigenvalue weighted by Crippen LogP contribution is -2.16. The molecule has 0 aliphatic rings. The van der Waals surface area contributed by atoms with Crippen molar-refractivity contribution >= 4 is 15.4 Å². The highest BCUT2D eigenvalue weighted by Gasteiger charge is 2.11. The molecule has 9 heavy (non-hydrogen) atoms. The zero-order valence-electron chi connectivity index (χ0n) is 5.59. The molecule has 1 unspecified atom stereocenters. The Morgan fingerprint density at radius 3 is 2.67 bits per heavy atom. The summed E-state index contributed by atoms with van der Waals surface area (Å²) >= 11 is 0. The minimum atomic E-state index is -0.238. The van der Waals surface area contributed by atoms with Gasteiger partial charge < -0.3 is 9.26 Å². The Hall–Kier alpha value is -0.140. The first kappa shape index (κ1) is 8.86. The van der Waals surface area contributed by atoms with Gasteiger partial charge in [-0.15, -0.1) is 0 Å². The summed E-state index contributed by atoms with van der Waals surface area (Å²) in [5.74, 6) is -0.412. The molecular formula is C5H11O3P. The third-order valence-electron chi connectivity index (χ3n) is 0.950. The molecule has 0 rings (SSSR count). The Labute approximate surface area is 57.0 Å². The van der Waals surface area contributed by atoms with Crippen LogP contribution >= 0.6 is 9.47 Å². The van der Waals surface area contributed by atoms with E-state index in [2.05, 4.69) is 18.7 Å². The lowest BCUT2D eigenvalue weighted by molar-refractivity contribution is -0.145. The summed E-state index contributed by atoms with van der Waals surface area (Å²) in [6.07, 6.45) is 0. The van der Waals surface area contributed by atoms with Crippen LogP contribution in [0.15, 0.2) is 0 Å². The molecule has 0 aromatic heterocycles. The normalized spacial score (nSPS) is 12.8. The van der Waals surface area contributed by atoms with Crippen molar-refractivity contribution in [2.24, 2.45) is 5.92 Å². The third kappa shape index (κ3) is 3.44. The largest absolute Gasteiger partial charge is 0.469 e. The molecule has 0 aromatic rings. The minimum absolute atomic E-state index is 0.174. The third-order valence-corrected chi connectivity index (χ3v) is 1.14. The van der Waals surface area contributed by atoms with Gasteiger partial charge in [0.05, 0.1) is 19.6 Å². The average Bonchev–Trinajstić information content (AvgIpc) is 1.87. The SMILES string of the molecule is COC(=O)[C@@H](C)COP. The van der Waals surface area contributed by atoms with E-state index in [0.29, 0.717) is 6.61 Å². The van der Waals surface area contributed by atoms with Crippen LogP contribution in [0.4, 0.5) is 0 Å². The van der Waals surface area contributed by atoms with Crippen molar-refractivity contribution < 1.29 is 14.1 Å². The Bertz CT molecular complexity index is 94.2. The van der Waals surface area contributed by atoms with E-state index >= 15 is 0 Å². The number of carbonyl (C=O) groups excluding carboxylic acids is 1. The second-order valence-electron chi connectivity index (χ2n) is 1.76. The Kier molecular flexibility index (Phi) is 4.64. The summed E-state index contributed by atoms with van der Waals surface area (Å²) in [4.78, 5) is 10.6. The Morgan fingerprint density at radius 2 is 2.33 bits per heavy atom. The van der Waals surface area contributed by atoms with E-state index < -0.39 is 0 Å². The first-order valence-corrected chi connectivity index (χ1v) is 3.09. The van der Waals surface area contributed by atoms with E-state index in [1.54, 1.807) is 6.92 Å². The zero-order valence-corrected chi connectivity index (χ0v) is 6.74. The van der Waals surface area contributed by atoms with E-state index in [9.17, 15) is 4.79 Å². The summed E-state index contributed by atoms with van der Waals surface area (Å²) in [7, 11) is 3.44. The van der Waals surface area contributed by atoms with Crippen LogP contribution in [0.1, 0.15) is 6.92 Å². The second-order valence-corrected chi connectivity index (χ2v) is 2.09. The standard InChI is InChI=1S/C5H11O3P/c1-4(3-8-9)5(6)7-2/h4H,3,9H2,1-2H3/t4-/m0/s1. The topological polar surface area (TPSA) is 35.5 Å². The van der Waals surface area contributed by atoms with Gasteiger partial charge in [0.1, 0.15) is 0 Å². The van der Waals surface area contributed by atoms with Crippen LogP contribution in [0.25, 0.3) is 0 Å². The first-order valence-electron chi connectivity index (χ1n) is 2.62. The molecule has 0 fully saturated rings. The fourth-order valence-electron chi connectivity index (χ4n) is 0.414. The predicted molar refractivity (Wildman–Crippen MR) is 36.8 cm³/mol. The molecule has 0 N–H and O–H groups in total. The van der Waals surface area contributed by atoms with Crippen molar-refractivity contribution in [3.8, 4) is 0 Å². The lowest BCUT2D eigenvalue weighted by atomic mass is 10.2. The smallest absolute Gasteiger partial charge is 0.310 e. The van der Waals surface area contributed by atoms with E-state index in [4.69, 9.17) is 0 Å². The number of ether oxygens (including phenoxy) is 1. The highest BCUT2D eigenvalue weighted by atomic mass is 31.0. The molecule has 0 bridgehead atoms. The molecule has 54 valence electrons. The second kappa shape index (κ2) is 4.71. The fourth-order valence-corrected chi connectivity index (χ4v) is 0.702. The zero-order chi connectivity index (χ0) is 7.28. The van der Waals surface area contributed by atoms with Crippen molar-refractivity contribution in [2.75, 3.05) is 13.7 Å². The van der Waals surface area contributed by atoms with Crippen molar-refractivity contribution in [2.45, 2.75) is 6.92 Å². The quantitative estimate of drug-likeness (QED) is 0.436. The van der Waals surface area contributed by atoms with Gasteiger partial charge in [0.25, 0.3) is 0 Å². The van der Waals surface area contributed by atoms with Gasteiger partial charge >= 0.3 is 5.97 Å². The molecule has 0 spiro atoms. The maximum atomic E-state index is 10.6. The molecule has 3 nitrogen and oxygen atoms in total. The number of methoxy groups -OCH3 is 1. The van der Waals surface area contributed by atoms with Gasteiger partial charge in [0.15, 0.2) is 0 Å². The van der Waals surface area contributed by atoms with Crippen LogP contribution in [0.2, 0.25) is 0 Å². The molecule has 2 atom stereocenters. The first-order chi connectivity index (χ1) is 4.22. The van der Waals surface area contributed by atoms with Crippen LogP contribution in [0.5, 0.6) is 0 Å². The van der Waals surface area contributed by atoms with Gasteiger partial charge in [-0.2, -0.15) is 0 Å².